The fraction of sp³-hybridized carbons (Fsp3) is 0.647. The van der Waals surface area contributed by atoms with Crippen molar-refractivity contribution < 1.29 is 9.47 Å². The second kappa shape index (κ2) is 7.66. The fourth-order valence-corrected chi connectivity index (χ4v) is 2.86. The predicted molar refractivity (Wildman–Crippen MR) is 85.9 cm³/mol. The van der Waals surface area contributed by atoms with Gasteiger partial charge in [-0.05, 0) is 70.0 Å². The van der Waals surface area contributed by atoms with Gasteiger partial charge >= 0.3 is 0 Å². The number of likely N-dealkylation sites (tertiary alicyclic amines) is 1. The van der Waals surface area contributed by atoms with E-state index in [0.29, 0.717) is 18.6 Å². The smallest absolute Gasteiger partial charge is 0.119 e. The van der Waals surface area contributed by atoms with Gasteiger partial charge in [-0.15, -0.1) is 0 Å². The molecule has 0 spiro atoms. The number of ether oxygens (including phenoxy) is 2. The summed E-state index contributed by atoms with van der Waals surface area (Å²) in [7, 11) is 1.66. The molecule has 0 radical (unpaired) electrons. The summed E-state index contributed by atoms with van der Waals surface area (Å²) >= 11 is 0. The van der Waals surface area contributed by atoms with Gasteiger partial charge in [0.2, 0.25) is 0 Å². The monoisotopic (exact) mass is 292 g/mol. The van der Waals surface area contributed by atoms with Crippen LogP contribution in [0.2, 0.25) is 0 Å². The van der Waals surface area contributed by atoms with Crippen molar-refractivity contribution in [2.24, 2.45) is 11.7 Å². The van der Waals surface area contributed by atoms with E-state index in [1.807, 2.05) is 24.3 Å². The molecule has 0 saturated carbocycles. The van der Waals surface area contributed by atoms with Gasteiger partial charge < -0.3 is 20.1 Å². The van der Waals surface area contributed by atoms with Crippen LogP contribution in [-0.2, 0) is 0 Å². The molecule has 1 fully saturated rings. The Morgan fingerprint density at radius 3 is 2.24 bits per heavy atom. The number of benzene rings is 1. The summed E-state index contributed by atoms with van der Waals surface area (Å²) in [5.41, 5.74) is 6.31. The average molecular weight is 292 g/mol. The Labute approximate surface area is 128 Å². The molecule has 4 nitrogen and oxygen atoms in total. The lowest BCUT2D eigenvalue weighted by molar-refractivity contribution is 0.123. The second-order valence-corrected chi connectivity index (χ2v) is 6.12. The van der Waals surface area contributed by atoms with Crippen molar-refractivity contribution in [1.82, 2.24) is 4.90 Å². The SMILES string of the molecule is COc1ccc(OCC(N)C2CCN(C(C)C)CC2)cc1. The molecule has 0 aliphatic carbocycles. The summed E-state index contributed by atoms with van der Waals surface area (Å²) in [6.45, 7) is 7.40. The highest BCUT2D eigenvalue weighted by Gasteiger charge is 2.25. The summed E-state index contributed by atoms with van der Waals surface area (Å²) < 4.78 is 10.9. The van der Waals surface area contributed by atoms with Gasteiger partial charge in [0.15, 0.2) is 0 Å². The lowest BCUT2D eigenvalue weighted by Gasteiger charge is -2.36. The Hall–Kier alpha value is -1.26. The quantitative estimate of drug-likeness (QED) is 0.875. The number of nitrogens with zero attached hydrogens (tertiary/aromatic N) is 1. The fourth-order valence-electron chi connectivity index (χ4n) is 2.86. The Bertz CT molecular complexity index is 411. The maximum atomic E-state index is 6.31. The van der Waals surface area contributed by atoms with Crippen LogP contribution in [0.4, 0.5) is 0 Å². The Kier molecular flexibility index (Phi) is 5.88. The summed E-state index contributed by atoms with van der Waals surface area (Å²) in [6.07, 6.45) is 2.34. The third-order valence-electron chi connectivity index (χ3n) is 4.41. The van der Waals surface area contributed by atoms with Crippen LogP contribution in [0.15, 0.2) is 24.3 Å². The van der Waals surface area contributed by atoms with E-state index in [-0.39, 0.29) is 6.04 Å². The molecule has 0 bridgehead atoms. The van der Waals surface area contributed by atoms with Crippen molar-refractivity contribution in [1.29, 1.82) is 0 Å². The first kappa shape index (κ1) is 16.1. The van der Waals surface area contributed by atoms with E-state index in [2.05, 4.69) is 18.7 Å². The number of hydrogen-bond acceptors (Lipinski definition) is 4. The first-order chi connectivity index (χ1) is 10.1. The van der Waals surface area contributed by atoms with Crippen LogP contribution < -0.4 is 15.2 Å². The van der Waals surface area contributed by atoms with Crippen LogP contribution in [-0.4, -0.2) is 43.8 Å². The van der Waals surface area contributed by atoms with Crippen LogP contribution in [0.3, 0.4) is 0 Å². The minimum Gasteiger partial charge on any atom is -0.497 e. The van der Waals surface area contributed by atoms with Crippen LogP contribution >= 0.6 is 0 Å². The lowest BCUT2D eigenvalue weighted by Crippen LogP contribution is -2.45. The van der Waals surface area contributed by atoms with Gasteiger partial charge in [-0.25, -0.2) is 0 Å². The molecule has 0 aromatic heterocycles. The molecule has 0 amide bonds. The van der Waals surface area contributed by atoms with E-state index >= 15 is 0 Å². The van der Waals surface area contributed by atoms with Crippen LogP contribution in [0.1, 0.15) is 26.7 Å². The van der Waals surface area contributed by atoms with Crippen molar-refractivity contribution in [2.45, 2.75) is 38.8 Å². The largest absolute Gasteiger partial charge is 0.497 e. The zero-order valence-electron chi connectivity index (χ0n) is 13.4. The van der Waals surface area contributed by atoms with Gasteiger partial charge in [0, 0.05) is 12.1 Å². The molecular weight excluding hydrogens is 264 g/mol. The molecule has 2 rings (SSSR count). The molecule has 21 heavy (non-hydrogen) atoms. The summed E-state index contributed by atoms with van der Waals surface area (Å²) in [5.74, 6) is 2.26. The zero-order chi connectivity index (χ0) is 15.2. The number of hydrogen-bond donors (Lipinski definition) is 1. The molecule has 1 aliphatic heterocycles. The van der Waals surface area contributed by atoms with E-state index in [0.717, 1.165) is 24.6 Å². The highest BCUT2D eigenvalue weighted by Crippen LogP contribution is 2.22. The Balaban J connectivity index is 1.75. The first-order valence-electron chi connectivity index (χ1n) is 7.86. The summed E-state index contributed by atoms with van der Waals surface area (Å²) in [5, 5.41) is 0. The van der Waals surface area contributed by atoms with Crippen molar-refractivity contribution in [3.8, 4) is 11.5 Å². The highest BCUT2D eigenvalue weighted by molar-refractivity contribution is 5.31. The molecular formula is C17H28N2O2. The van der Waals surface area contributed by atoms with Crippen LogP contribution in [0.25, 0.3) is 0 Å². The molecule has 118 valence electrons. The first-order valence-corrected chi connectivity index (χ1v) is 7.86. The number of methoxy groups -OCH3 is 1. The summed E-state index contributed by atoms with van der Waals surface area (Å²) in [4.78, 5) is 2.52. The van der Waals surface area contributed by atoms with Gasteiger partial charge in [0.05, 0.1) is 7.11 Å². The summed E-state index contributed by atoms with van der Waals surface area (Å²) in [6, 6.07) is 8.41. The molecule has 1 aromatic rings. The molecule has 1 saturated heterocycles. The van der Waals surface area contributed by atoms with Crippen LogP contribution in [0, 0.1) is 5.92 Å². The van der Waals surface area contributed by atoms with Crippen molar-refractivity contribution in [3.63, 3.8) is 0 Å². The van der Waals surface area contributed by atoms with Gasteiger partial charge in [0.1, 0.15) is 18.1 Å². The van der Waals surface area contributed by atoms with E-state index in [4.69, 9.17) is 15.2 Å². The minimum atomic E-state index is 0.112. The van der Waals surface area contributed by atoms with Crippen LogP contribution in [0.5, 0.6) is 11.5 Å². The number of piperidine rings is 1. The van der Waals surface area contributed by atoms with Crippen molar-refractivity contribution in [2.75, 3.05) is 26.8 Å². The molecule has 2 N–H and O–H groups in total. The molecule has 1 aromatic carbocycles. The topological polar surface area (TPSA) is 47.7 Å². The predicted octanol–water partition coefficient (Wildman–Crippen LogP) is 2.52. The third kappa shape index (κ3) is 4.61. The van der Waals surface area contributed by atoms with E-state index < -0.39 is 0 Å². The van der Waals surface area contributed by atoms with Gasteiger partial charge in [-0.2, -0.15) is 0 Å². The van der Waals surface area contributed by atoms with Gasteiger partial charge in [0.25, 0.3) is 0 Å². The Morgan fingerprint density at radius 2 is 1.71 bits per heavy atom. The van der Waals surface area contributed by atoms with E-state index in [9.17, 15) is 0 Å². The standard InChI is InChI=1S/C17H28N2O2/c1-13(2)19-10-8-14(9-11-19)17(18)12-21-16-6-4-15(20-3)5-7-16/h4-7,13-14,17H,8-12,18H2,1-3H3. The van der Waals surface area contributed by atoms with E-state index in [1.165, 1.54) is 12.8 Å². The Morgan fingerprint density at radius 1 is 1.14 bits per heavy atom. The van der Waals surface area contributed by atoms with Crippen molar-refractivity contribution >= 4 is 0 Å². The number of rotatable bonds is 6. The second-order valence-electron chi connectivity index (χ2n) is 6.12. The normalized spacial score (nSPS) is 18.7. The van der Waals surface area contributed by atoms with Gasteiger partial charge in [-0.3, -0.25) is 0 Å². The van der Waals surface area contributed by atoms with Gasteiger partial charge in [-0.1, -0.05) is 0 Å². The minimum absolute atomic E-state index is 0.112. The maximum Gasteiger partial charge on any atom is 0.119 e. The van der Waals surface area contributed by atoms with Crippen molar-refractivity contribution in [3.05, 3.63) is 24.3 Å². The molecule has 1 heterocycles. The maximum absolute atomic E-state index is 6.31. The molecule has 1 unspecified atom stereocenters. The highest BCUT2D eigenvalue weighted by atomic mass is 16.5. The molecule has 1 aliphatic rings. The van der Waals surface area contributed by atoms with E-state index in [1.54, 1.807) is 7.11 Å². The average Bonchev–Trinajstić information content (AvgIpc) is 2.53. The number of nitrogens with two attached hydrogens (primary N) is 1. The molecule has 1 atom stereocenters. The molecule has 4 heteroatoms. The lowest BCUT2D eigenvalue weighted by atomic mass is 9.90. The zero-order valence-corrected chi connectivity index (χ0v) is 13.4. The third-order valence-corrected chi connectivity index (χ3v) is 4.41.